The molecule has 2 heterocycles. The van der Waals surface area contributed by atoms with Crippen LogP contribution in [0, 0.1) is 5.92 Å². The van der Waals surface area contributed by atoms with Gasteiger partial charge < -0.3 is 15.4 Å². The highest BCUT2D eigenvalue weighted by Gasteiger charge is 2.20. The molecule has 0 radical (unpaired) electrons. The van der Waals surface area contributed by atoms with Crippen LogP contribution in [0.3, 0.4) is 0 Å². The van der Waals surface area contributed by atoms with E-state index >= 15 is 0 Å². The van der Waals surface area contributed by atoms with Crippen LogP contribution in [0.4, 0.5) is 0 Å². The summed E-state index contributed by atoms with van der Waals surface area (Å²) in [5.41, 5.74) is 1.24. The number of piperidine rings is 1. The molecule has 170 valence electrons. The first-order valence-corrected chi connectivity index (χ1v) is 12.9. The smallest absolute Gasteiger partial charge is 0.191 e. The molecule has 2 aliphatic rings. The topological polar surface area (TPSA) is 61.8 Å². The number of aromatic nitrogens is 1. The van der Waals surface area contributed by atoms with Gasteiger partial charge in [0.25, 0.3) is 0 Å². The molecule has 1 saturated carbocycles. The molecule has 7 heteroatoms. The summed E-state index contributed by atoms with van der Waals surface area (Å²) in [7, 11) is 1.85. The van der Waals surface area contributed by atoms with Crippen molar-refractivity contribution < 1.29 is 4.74 Å². The van der Waals surface area contributed by atoms with Gasteiger partial charge >= 0.3 is 0 Å². The van der Waals surface area contributed by atoms with E-state index in [0.29, 0.717) is 12.0 Å². The number of aliphatic imine (C=N–C) groups is 1. The molecule has 0 spiro atoms. The molecule has 2 fully saturated rings. The SMILES string of the molecule is CCc1nc(CN2CCC(CNC(=NC)NCCOC3CCCCCC3)CC2)cs1. The van der Waals surface area contributed by atoms with Crippen molar-refractivity contribution in [2.45, 2.75) is 77.4 Å². The average molecular weight is 436 g/mol. The molecule has 6 nitrogen and oxygen atoms in total. The van der Waals surface area contributed by atoms with Gasteiger partial charge in [-0.3, -0.25) is 9.89 Å². The Morgan fingerprint density at radius 2 is 1.93 bits per heavy atom. The third kappa shape index (κ3) is 8.16. The van der Waals surface area contributed by atoms with Gasteiger partial charge in [0.2, 0.25) is 0 Å². The van der Waals surface area contributed by atoms with Crippen molar-refractivity contribution in [1.29, 1.82) is 0 Å². The Labute approximate surface area is 186 Å². The summed E-state index contributed by atoms with van der Waals surface area (Å²) in [6.45, 7) is 8.07. The van der Waals surface area contributed by atoms with E-state index in [0.717, 1.165) is 51.7 Å². The van der Waals surface area contributed by atoms with E-state index in [9.17, 15) is 0 Å². The van der Waals surface area contributed by atoms with Crippen LogP contribution in [0.15, 0.2) is 10.4 Å². The monoisotopic (exact) mass is 435 g/mol. The molecule has 1 aromatic rings. The quantitative estimate of drug-likeness (QED) is 0.267. The molecule has 1 aliphatic carbocycles. The van der Waals surface area contributed by atoms with Gasteiger partial charge in [0, 0.05) is 32.1 Å². The van der Waals surface area contributed by atoms with Gasteiger partial charge in [0.05, 0.1) is 23.4 Å². The van der Waals surface area contributed by atoms with Crippen molar-refractivity contribution in [1.82, 2.24) is 20.5 Å². The number of guanidine groups is 1. The first kappa shape index (κ1) is 23.5. The summed E-state index contributed by atoms with van der Waals surface area (Å²) in [6.07, 6.45) is 11.8. The van der Waals surface area contributed by atoms with Crippen molar-refractivity contribution in [2.75, 3.05) is 39.8 Å². The van der Waals surface area contributed by atoms with Gasteiger partial charge in [-0.1, -0.05) is 32.6 Å². The van der Waals surface area contributed by atoms with Gasteiger partial charge in [-0.15, -0.1) is 11.3 Å². The molecule has 0 amide bonds. The Balaban J connectivity index is 1.26. The molecule has 1 aliphatic heterocycles. The Morgan fingerprint density at radius 3 is 2.60 bits per heavy atom. The second-order valence-corrected chi connectivity index (χ2v) is 9.61. The molecule has 30 heavy (non-hydrogen) atoms. The maximum Gasteiger partial charge on any atom is 0.191 e. The van der Waals surface area contributed by atoms with Crippen LogP contribution in [0.25, 0.3) is 0 Å². The molecule has 0 aromatic carbocycles. The summed E-state index contributed by atoms with van der Waals surface area (Å²) in [4.78, 5) is 11.6. The zero-order valence-corrected chi connectivity index (χ0v) is 19.8. The van der Waals surface area contributed by atoms with E-state index in [1.54, 1.807) is 11.3 Å². The zero-order valence-electron chi connectivity index (χ0n) is 19.0. The van der Waals surface area contributed by atoms with E-state index in [-0.39, 0.29) is 0 Å². The number of nitrogens with zero attached hydrogens (tertiary/aromatic N) is 3. The Morgan fingerprint density at radius 1 is 1.17 bits per heavy atom. The fourth-order valence-electron chi connectivity index (χ4n) is 4.43. The first-order chi connectivity index (χ1) is 14.8. The molecule has 0 unspecified atom stereocenters. The fourth-order valence-corrected chi connectivity index (χ4v) is 5.16. The average Bonchev–Trinajstić information content (AvgIpc) is 3.07. The number of ether oxygens (including phenoxy) is 1. The van der Waals surface area contributed by atoms with Crippen LogP contribution >= 0.6 is 11.3 Å². The summed E-state index contributed by atoms with van der Waals surface area (Å²) < 4.78 is 6.07. The molecule has 0 atom stereocenters. The second kappa shape index (κ2) is 13.3. The summed E-state index contributed by atoms with van der Waals surface area (Å²) in [5, 5.41) is 10.4. The Kier molecular flexibility index (Phi) is 10.4. The van der Waals surface area contributed by atoms with Crippen LogP contribution in [0.5, 0.6) is 0 Å². The fraction of sp³-hybridized carbons (Fsp3) is 0.826. The standard InChI is InChI=1S/C23H41N5OS/c1-3-22-27-20(18-30-22)17-28-13-10-19(11-14-28)16-26-23(24-2)25-12-15-29-21-8-6-4-5-7-9-21/h18-19,21H,3-17H2,1-2H3,(H2,24,25,26). The Bertz CT molecular complexity index is 619. The summed E-state index contributed by atoms with van der Waals surface area (Å²) in [6, 6.07) is 0. The van der Waals surface area contributed by atoms with E-state index < -0.39 is 0 Å². The molecule has 1 saturated heterocycles. The summed E-state index contributed by atoms with van der Waals surface area (Å²) >= 11 is 1.79. The Hall–Kier alpha value is -1.18. The predicted octanol–water partition coefficient (Wildman–Crippen LogP) is 3.82. The number of thiazole rings is 1. The largest absolute Gasteiger partial charge is 0.376 e. The number of hydrogen-bond donors (Lipinski definition) is 2. The molecule has 1 aromatic heterocycles. The molecule has 0 bridgehead atoms. The third-order valence-electron chi connectivity index (χ3n) is 6.33. The van der Waals surface area contributed by atoms with Crippen molar-refractivity contribution in [3.05, 3.63) is 16.1 Å². The number of aryl methyl sites for hydroxylation is 1. The molecular formula is C23H41N5OS. The minimum absolute atomic E-state index is 0.465. The maximum absolute atomic E-state index is 6.07. The van der Waals surface area contributed by atoms with Crippen LogP contribution in [0.1, 0.15) is 69.0 Å². The van der Waals surface area contributed by atoms with Crippen LogP contribution in [0.2, 0.25) is 0 Å². The molecule has 2 N–H and O–H groups in total. The lowest BCUT2D eigenvalue weighted by Gasteiger charge is -2.31. The lowest BCUT2D eigenvalue weighted by Crippen LogP contribution is -2.43. The summed E-state index contributed by atoms with van der Waals surface area (Å²) in [5.74, 6) is 1.61. The van der Waals surface area contributed by atoms with Gasteiger partial charge in [0.1, 0.15) is 0 Å². The highest BCUT2D eigenvalue weighted by atomic mass is 32.1. The van der Waals surface area contributed by atoms with Gasteiger partial charge in [-0.05, 0) is 51.1 Å². The maximum atomic E-state index is 6.07. The van der Waals surface area contributed by atoms with Crippen LogP contribution in [-0.4, -0.2) is 61.8 Å². The molecule has 3 rings (SSSR count). The number of nitrogens with one attached hydrogen (secondary N) is 2. The number of hydrogen-bond acceptors (Lipinski definition) is 5. The minimum Gasteiger partial charge on any atom is -0.376 e. The normalized spacial score (nSPS) is 20.3. The minimum atomic E-state index is 0.465. The van der Waals surface area contributed by atoms with E-state index in [1.165, 1.54) is 62.1 Å². The first-order valence-electron chi connectivity index (χ1n) is 12.0. The van der Waals surface area contributed by atoms with Crippen LogP contribution in [-0.2, 0) is 17.7 Å². The highest BCUT2D eigenvalue weighted by Crippen LogP contribution is 2.20. The van der Waals surface area contributed by atoms with E-state index in [4.69, 9.17) is 9.72 Å². The number of rotatable bonds is 9. The zero-order chi connectivity index (χ0) is 21.0. The van der Waals surface area contributed by atoms with Gasteiger partial charge in [-0.25, -0.2) is 4.98 Å². The molecular weight excluding hydrogens is 394 g/mol. The predicted molar refractivity (Wildman–Crippen MR) is 126 cm³/mol. The van der Waals surface area contributed by atoms with Gasteiger partial charge in [0.15, 0.2) is 5.96 Å². The lowest BCUT2D eigenvalue weighted by atomic mass is 9.97. The van der Waals surface area contributed by atoms with Crippen LogP contribution < -0.4 is 10.6 Å². The third-order valence-corrected chi connectivity index (χ3v) is 7.37. The second-order valence-electron chi connectivity index (χ2n) is 8.67. The highest BCUT2D eigenvalue weighted by molar-refractivity contribution is 7.09. The van der Waals surface area contributed by atoms with E-state index in [2.05, 4.69) is 32.8 Å². The van der Waals surface area contributed by atoms with Gasteiger partial charge in [-0.2, -0.15) is 0 Å². The van der Waals surface area contributed by atoms with Crippen molar-refractivity contribution in [3.8, 4) is 0 Å². The van der Waals surface area contributed by atoms with Crippen molar-refractivity contribution in [3.63, 3.8) is 0 Å². The van der Waals surface area contributed by atoms with E-state index in [1.807, 2.05) is 7.05 Å². The lowest BCUT2D eigenvalue weighted by molar-refractivity contribution is 0.0468. The van der Waals surface area contributed by atoms with Crippen molar-refractivity contribution >= 4 is 17.3 Å². The number of likely N-dealkylation sites (tertiary alicyclic amines) is 1. The van der Waals surface area contributed by atoms with Crippen molar-refractivity contribution in [2.24, 2.45) is 10.9 Å².